The maximum Gasteiger partial charge on any atom is 0.0547 e. The van der Waals surface area contributed by atoms with Gasteiger partial charge in [0, 0.05) is 34.4 Å². The molecule has 0 radical (unpaired) electrons. The summed E-state index contributed by atoms with van der Waals surface area (Å²) in [6, 6.07) is 34.5. The van der Waals surface area contributed by atoms with Gasteiger partial charge in [-0.25, -0.2) is 0 Å². The highest BCUT2D eigenvalue weighted by Crippen LogP contribution is 2.38. The Morgan fingerprint density at radius 3 is 2.31 bits per heavy atom. The van der Waals surface area contributed by atoms with Crippen LogP contribution in [-0.4, -0.2) is 9.55 Å². The lowest BCUT2D eigenvalue weighted by Gasteiger charge is -2.09. The smallest absolute Gasteiger partial charge is 0.0547 e. The van der Waals surface area contributed by atoms with Gasteiger partial charge in [0.1, 0.15) is 0 Å². The van der Waals surface area contributed by atoms with E-state index in [1.807, 2.05) is 18.5 Å². The number of hydrogen-bond acceptors (Lipinski definition) is 1. The highest BCUT2D eigenvalue weighted by atomic mass is 15.0. The summed E-state index contributed by atoms with van der Waals surface area (Å²) in [6.45, 7) is 0. The molecule has 2 heterocycles. The third-order valence-electron chi connectivity index (χ3n) is 5.67. The van der Waals surface area contributed by atoms with Gasteiger partial charge in [-0.2, -0.15) is 0 Å². The molecule has 6 rings (SSSR count). The van der Waals surface area contributed by atoms with Gasteiger partial charge in [0.25, 0.3) is 0 Å². The Labute approximate surface area is 168 Å². The monoisotopic (exact) mass is 370 g/mol. The van der Waals surface area contributed by atoms with Crippen LogP contribution in [0.5, 0.6) is 0 Å². The van der Waals surface area contributed by atoms with E-state index in [1.165, 1.54) is 43.8 Å². The molecule has 6 aromatic rings. The van der Waals surface area contributed by atoms with Crippen molar-refractivity contribution in [3.8, 4) is 16.8 Å². The molecule has 0 saturated carbocycles. The molecule has 29 heavy (non-hydrogen) atoms. The first-order valence-electron chi connectivity index (χ1n) is 9.82. The van der Waals surface area contributed by atoms with Crippen molar-refractivity contribution in [2.24, 2.45) is 0 Å². The highest BCUT2D eigenvalue weighted by Gasteiger charge is 2.15. The Balaban J connectivity index is 1.79. The normalized spacial score (nSPS) is 11.4. The number of pyridine rings is 1. The van der Waals surface area contributed by atoms with Crippen LogP contribution in [0.25, 0.3) is 49.4 Å². The van der Waals surface area contributed by atoms with Crippen LogP contribution in [0, 0.1) is 0 Å². The number of para-hydroxylation sites is 1. The predicted molar refractivity (Wildman–Crippen MR) is 122 cm³/mol. The molecular formula is C27H18N2. The summed E-state index contributed by atoms with van der Waals surface area (Å²) in [5, 5.41) is 5.13. The molecule has 0 unspecified atom stereocenters. The highest BCUT2D eigenvalue weighted by molar-refractivity contribution is 6.21. The van der Waals surface area contributed by atoms with Crippen LogP contribution >= 0.6 is 0 Å². The molecular weight excluding hydrogens is 352 g/mol. The molecule has 2 nitrogen and oxygen atoms in total. The van der Waals surface area contributed by atoms with Crippen LogP contribution in [0.2, 0.25) is 0 Å². The van der Waals surface area contributed by atoms with E-state index >= 15 is 0 Å². The second-order valence-corrected chi connectivity index (χ2v) is 7.33. The van der Waals surface area contributed by atoms with Crippen molar-refractivity contribution in [2.75, 3.05) is 0 Å². The molecule has 0 bridgehead atoms. The van der Waals surface area contributed by atoms with Crippen molar-refractivity contribution in [1.82, 2.24) is 9.55 Å². The van der Waals surface area contributed by atoms with E-state index in [4.69, 9.17) is 0 Å². The third kappa shape index (κ3) is 2.46. The summed E-state index contributed by atoms with van der Waals surface area (Å²) >= 11 is 0. The van der Waals surface area contributed by atoms with Gasteiger partial charge >= 0.3 is 0 Å². The molecule has 0 fully saturated rings. The van der Waals surface area contributed by atoms with Crippen LogP contribution in [0.1, 0.15) is 0 Å². The second kappa shape index (κ2) is 6.32. The zero-order valence-corrected chi connectivity index (χ0v) is 15.8. The molecule has 0 atom stereocenters. The molecule has 4 aromatic carbocycles. The maximum absolute atomic E-state index is 4.30. The van der Waals surface area contributed by atoms with Gasteiger partial charge in [-0.05, 0) is 46.7 Å². The standard InChI is InChI=1S/C27H18N2/c1-2-9-22(10-3-1)29-25-15-13-19-7-4-5-11-23(19)27(25)24-14-12-20(17-26(24)29)21-8-6-16-28-18-21/h1-18H. The first-order valence-corrected chi connectivity index (χ1v) is 9.82. The minimum Gasteiger partial charge on any atom is -0.309 e. The number of fused-ring (bicyclic) bond motifs is 5. The van der Waals surface area contributed by atoms with Crippen LogP contribution in [0.4, 0.5) is 0 Å². The van der Waals surface area contributed by atoms with Gasteiger partial charge in [-0.15, -0.1) is 0 Å². The number of aromatic nitrogens is 2. The first-order chi connectivity index (χ1) is 14.4. The lowest BCUT2D eigenvalue weighted by Crippen LogP contribution is -1.93. The minimum atomic E-state index is 1.13. The Morgan fingerprint density at radius 1 is 0.586 bits per heavy atom. The lowest BCUT2D eigenvalue weighted by atomic mass is 10.0. The van der Waals surface area contributed by atoms with Crippen molar-refractivity contribution in [3.05, 3.63) is 109 Å². The zero-order chi connectivity index (χ0) is 19.2. The first kappa shape index (κ1) is 16.1. The zero-order valence-electron chi connectivity index (χ0n) is 15.8. The van der Waals surface area contributed by atoms with Crippen molar-refractivity contribution >= 4 is 32.6 Å². The van der Waals surface area contributed by atoms with Crippen molar-refractivity contribution in [3.63, 3.8) is 0 Å². The van der Waals surface area contributed by atoms with Gasteiger partial charge in [-0.1, -0.05) is 66.7 Å². The summed E-state index contributed by atoms with van der Waals surface area (Å²) in [5.41, 5.74) is 5.92. The van der Waals surface area contributed by atoms with Gasteiger partial charge in [-0.3, -0.25) is 4.98 Å². The van der Waals surface area contributed by atoms with E-state index in [9.17, 15) is 0 Å². The van der Waals surface area contributed by atoms with Gasteiger partial charge in [0.2, 0.25) is 0 Å². The SMILES string of the molecule is c1ccc(-n2c3cc(-c4cccnc4)ccc3c3c4ccccc4ccc32)cc1. The molecule has 0 amide bonds. The van der Waals surface area contributed by atoms with Gasteiger partial charge in [0.05, 0.1) is 11.0 Å². The van der Waals surface area contributed by atoms with Crippen molar-refractivity contribution in [2.45, 2.75) is 0 Å². The molecule has 0 N–H and O–H groups in total. The molecule has 2 heteroatoms. The van der Waals surface area contributed by atoms with Gasteiger partial charge in [0.15, 0.2) is 0 Å². The fourth-order valence-corrected chi connectivity index (χ4v) is 4.36. The van der Waals surface area contributed by atoms with Crippen molar-refractivity contribution < 1.29 is 0 Å². The maximum atomic E-state index is 4.30. The summed E-state index contributed by atoms with van der Waals surface area (Å²) in [4.78, 5) is 4.30. The van der Waals surface area contributed by atoms with Crippen LogP contribution in [0.3, 0.4) is 0 Å². The van der Waals surface area contributed by atoms with Crippen LogP contribution in [0.15, 0.2) is 109 Å². The van der Waals surface area contributed by atoms with Crippen molar-refractivity contribution in [1.29, 1.82) is 0 Å². The predicted octanol–water partition coefficient (Wildman–Crippen LogP) is 7.00. The van der Waals surface area contributed by atoms with E-state index in [1.54, 1.807) is 0 Å². The molecule has 0 saturated heterocycles. The van der Waals surface area contributed by atoms with Crippen LogP contribution in [-0.2, 0) is 0 Å². The Bertz CT molecular complexity index is 1480. The Hall–Kier alpha value is -3.91. The quantitative estimate of drug-likeness (QED) is 0.321. The largest absolute Gasteiger partial charge is 0.309 e. The fourth-order valence-electron chi connectivity index (χ4n) is 4.36. The average molecular weight is 370 g/mol. The molecule has 0 spiro atoms. The summed E-state index contributed by atoms with van der Waals surface area (Å²) in [5.74, 6) is 0. The Morgan fingerprint density at radius 2 is 1.45 bits per heavy atom. The lowest BCUT2D eigenvalue weighted by molar-refractivity contribution is 1.18. The summed E-state index contributed by atoms with van der Waals surface area (Å²) < 4.78 is 2.37. The number of hydrogen-bond donors (Lipinski definition) is 0. The van der Waals surface area contributed by atoms with E-state index in [0.717, 1.165) is 5.56 Å². The van der Waals surface area contributed by atoms with E-state index in [0.29, 0.717) is 0 Å². The summed E-state index contributed by atoms with van der Waals surface area (Å²) in [7, 11) is 0. The molecule has 136 valence electrons. The topological polar surface area (TPSA) is 17.8 Å². The molecule has 2 aromatic heterocycles. The number of nitrogens with zero attached hydrogens (tertiary/aromatic N) is 2. The molecule has 0 aliphatic rings. The summed E-state index contributed by atoms with van der Waals surface area (Å²) in [6.07, 6.45) is 3.74. The fraction of sp³-hybridized carbons (Fsp3) is 0. The Kier molecular flexibility index (Phi) is 3.50. The second-order valence-electron chi connectivity index (χ2n) is 7.33. The minimum absolute atomic E-state index is 1.13. The number of rotatable bonds is 2. The van der Waals surface area contributed by atoms with E-state index < -0.39 is 0 Å². The van der Waals surface area contributed by atoms with Crippen LogP contribution < -0.4 is 0 Å². The average Bonchev–Trinajstić information content (AvgIpc) is 3.14. The van der Waals surface area contributed by atoms with Gasteiger partial charge < -0.3 is 4.57 Å². The van der Waals surface area contributed by atoms with E-state index in [-0.39, 0.29) is 0 Å². The van der Waals surface area contributed by atoms with E-state index in [2.05, 4.69) is 101 Å². The molecule has 0 aliphatic carbocycles. The molecule has 0 aliphatic heterocycles. The number of benzene rings is 4. The third-order valence-corrected chi connectivity index (χ3v) is 5.67.